The van der Waals surface area contributed by atoms with Gasteiger partial charge < -0.3 is 9.05 Å². The lowest BCUT2D eigenvalue weighted by Gasteiger charge is -2.32. The standard InChI is InChI=1S/C10H23O3P/c1-8(2)12-14(11,10(5,6)7)13-9(3)4/h8-9H,1-7H3. The molecule has 4 heteroatoms. The fourth-order valence-electron chi connectivity index (χ4n) is 0.896. The Balaban J connectivity index is 4.78. The van der Waals surface area contributed by atoms with Crippen LogP contribution in [0.15, 0.2) is 0 Å². The van der Waals surface area contributed by atoms with E-state index in [9.17, 15) is 4.57 Å². The van der Waals surface area contributed by atoms with Crippen LogP contribution in [0.5, 0.6) is 0 Å². The highest BCUT2D eigenvalue weighted by atomic mass is 31.2. The molecule has 0 aliphatic heterocycles. The highest BCUT2D eigenvalue weighted by molar-refractivity contribution is 7.55. The first kappa shape index (κ1) is 14.2. The van der Waals surface area contributed by atoms with Crippen LogP contribution in [-0.2, 0) is 13.6 Å². The van der Waals surface area contributed by atoms with E-state index in [-0.39, 0.29) is 12.2 Å². The molecule has 14 heavy (non-hydrogen) atoms. The first-order chi connectivity index (χ1) is 6.08. The molecule has 0 radical (unpaired) electrons. The Labute approximate surface area is 87.7 Å². The summed E-state index contributed by atoms with van der Waals surface area (Å²) in [5.74, 6) is 0. The summed E-state index contributed by atoms with van der Waals surface area (Å²) >= 11 is 0. The topological polar surface area (TPSA) is 35.5 Å². The molecule has 0 aliphatic carbocycles. The van der Waals surface area contributed by atoms with Gasteiger partial charge >= 0.3 is 7.60 Å². The van der Waals surface area contributed by atoms with Crippen molar-refractivity contribution in [3.8, 4) is 0 Å². The van der Waals surface area contributed by atoms with Gasteiger partial charge in [-0.25, -0.2) is 0 Å². The Bertz CT molecular complexity index is 202. The smallest absolute Gasteiger partial charge is 0.305 e. The summed E-state index contributed by atoms with van der Waals surface area (Å²) in [5.41, 5.74) is 0. The summed E-state index contributed by atoms with van der Waals surface area (Å²) in [6, 6.07) is 0. The Kier molecular flexibility index (Phi) is 4.83. The molecule has 0 aromatic heterocycles. The van der Waals surface area contributed by atoms with E-state index in [1.165, 1.54) is 0 Å². The summed E-state index contributed by atoms with van der Waals surface area (Å²) in [5, 5.41) is -0.471. The minimum atomic E-state index is -3.02. The van der Waals surface area contributed by atoms with Gasteiger partial charge in [0.2, 0.25) is 0 Å². The molecule has 3 nitrogen and oxygen atoms in total. The second kappa shape index (κ2) is 4.78. The lowest BCUT2D eigenvalue weighted by Crippen LogP contribution is -2.23. The Hall–Kier alpha value is 0.150. The molecule has 0 amide bonds. The van der Waals surface area contributed by atoms with Crippen LogP contribution < -0.4 is 0 Å². The lowest BCUT2D eigenvalue weighted by molar-refractivity contribution is 0.130. The molecule has 0 aliphatic rings. The van der Waals surface area contributed by atoms with Crippen molar-refractivity contribution in [3.05, 3.63) is 0 Å². The van der Waals surface area contributed by atoms with Crippen LogP contribution in [0.25, 0.3) is 0 Å². The molecule has 0 bridgehead atoms. The van der Waals surface area contributed by atoms with Gasteiger partial charge in [0.1, 0.15) is 0 Å². The van der Waals surface area contributed by atoms with E-state index in [0.717, 1.165) is 0 Å². The van der Waals surface area contributed by atoms with Crippen molar-refractivity contribution in [2.24, 2.45) is 0 Å². The van der Waals surface area contributed by atoms with Gasteiger partial charge in [-0.3, -0.25) is 4.57 Å². The number of hydrogen-bond acceptors (Lipinski definition) is 3. The highest BCUT2D eigenvalue weighted by Crippen LogP contribution is 2.61. The van der Waals surface area contributed by atoms with Gasteiger partial charge in [0.15, 0.2) is 0 Å². The van der Waals surface area contributed by atoms with Crippen LogP contribution in [0.2, 0.25) is 0 Å². The quantitative estimate of drug-likeness (QED) is 0.678. The fourth-order valence-corrected chi connectivity index (χ4v) is 2.69. The largest absolute Gasteiger partial charge is 0.336 e. The van der Waals surface area contributed by atoms with Crippen molar-refractivity contribution < 1.29 is 13.6 Å². The predicted molar refractivity (Wildman–Crippen MR) is 59.8 cm³/mol. The number of hydrogen-bond donors (Lipinski definition) is 0. The van der Waals surface area contributed by atoms with Gasteiger partial charge in [-0.2, -0.15) is 0 Å². The van der Waals surface area contributed by atoms with Gasteiger partial charge in [-0.15, -0.1) is 0 Å². The van der Waals surface area contributed by atoms with E-state index >= 15 is 0 Å². The zero-order chi connectivity index (χ0) is 11.6. The van der Waals surface area contributed by atoms with Crippen molar-refractivity contribution in [2.75, 3.05) is 0 Å². The van der Waals surface area contributed by atoms with Crippen LogP contribution >= 0.6 is 7.60 Å². The molecule has 0 unspecified atom stereocenters. The molecule has 0 saturated heterocycles. The SMILES string of the molecule is CC(C)OP(=O)(OC(C)C)C(C)(C)C. The second-order valence-electron chi connectivity index (χ2n) is 4.98. The average molecular weight is 222 g/mol. The molecule has 0 spiro atoms. The van der Waals surface area contributed by atoms with E-state index in [1.54, 1.807) is 0 Å². The van der Waals surface area contributed by atoms with Gasteiger partial charge in [0.05, 0.1) is 17.4 Å². The summed E-state index contributed by atoms with van der Waals surface area (Å²) in [4.78, 5) is 0. The first-order valence-electron chi connectivity index (χ1n) is 5.05. The molecule has 0 aromatic carbocycles. The van der Waals surface area contributed by atoms with Gasteiger partial charge in [-0.1, -0.05) is 0 Å². The van der Waals surface area contributed by atoms with E-state index < -0.39 is 12.8 Å². The zero-order valence-corrected chi connectivity index (χ0v) is 11.2. The van der Waals surface area contributed by atoms with E-state index in [1.807, 2.05) is 48.5 Å². The molecular formula is C10H23O3P. The molecule has 0 saturated carbocycles. The van der Waals surface area contributed by atoms with Crippen LogP contribution in [-0.4, -0.2) is 17.4 Å². The zero-order valence-electron chi connectivity index (χ0n) is 10.3. The van der Waals surface area contributed by atoms with Gasteiger partial charge in [0.25, 0.3) is 0 Å². The van der Waals surface area contributed by atoms with Crippen LogP contribution in [0.4, 0.5) is 0 Å². The van der Waals surface area contributed by atoms with Gasteiger partial charge in [0, 0.05) is 0 Å². The maximum absolute atomic E-state index is 12.4. The maximum Gasteiger partial charge on any atom is 0.336 e. The Morgan fingerprint density at radius 3 is 1.36 bits per heavy atom. The van der Waals surface area contributed by atoms with Crippen LogP contribution in [0.3, 0.4) is 0 Å². The average Bonchev–Trinajstić information content (AvgIpc) is 1.78. The predicted octanol–water partition coefficient (Wildman–Crippen LogP) is 3.83. The van der Waals surface area contributed by atoms with Crippen molar-refractivity contribution in [3.63, 3.8) is 0 Å². The third-order valence-electron chi connectivity index (χ3n) is 1.52. The maximum atomic E-state index is 12.4. The minimum absolute atomic E-state index is 0.0844. The normalized spacial score (nSPS) is 14.1. The summed E-state index contributed by atoms with van der Waals surface area (Å²) in [6.45, 7) is 13.1. The summed E-state index contributed by atoms with van der Waals surface area (Å²) in [6.07, 6.45) is -0.169. The van der Waals surface area contributed by atoms with Gasteiger partial charge in [-0.05, 0) is 48.5 Å². The molecular weight excluding hydrogens is 199 g/mol. The number of rotatable bonds is 4. The van der Waals surface area contributed by atoms with Crippen molar-refractivity contribution in [1.29, 1.82) is 0 Å². The minimum Gasteiger partial charge on any atom is -0.305 e. The van der Waals surface area contributed by atoms with Crippen molar-refractivity contribution in [2.45, 2.75) is 65.8 Å². The lowest BCUT2D eigenvalue weighted by atomic mass is 10.3. The highest BCUT2D eigenvalue weighted by Gasteiger charge is 2.41. The van der Waals surface area contributed by atoms with Crippen LogP contribution in [0.1, 0.15) is 48.5 Å². The molecule has 0 aromatic rings. The molecule has 0 rings (SSSR count). The van der Waals surface area contributed by atoms with E-state index in [2.05, 4.69) is 0 Å². The van der Waals surface area contributed by atoms with Crippen LogP contribution in [0, 0.1) is 0 Å². The van der Waals surface area contributed by atoms with E-state index in [0.29, 0.717) is 0 Å². The Morgan fingerprint density at radius 2 is 1.21 bits per heavy atom. The third kappa shape index (κ3) is 4.12. The second-order valence-corrected chi connectivity index (χ2v) is 7.73. The third-order valence-corrected chi connectivity index (χ3v) is 4.56. The fraction of sp³-hybridized carbons (Fsp3) is 1.00. The molecule has 0 atom stereocenters. The Morgan fingerprint density at radius 1 is 0.929 bits per heavy atom. The molecule has 0 fully saturated rings. The molecule has 0 heterocycles. The van der Waals surface area contributed by atoms with E-state index in [4.69, 9.17) is 9.05 Å². The van der Waals surface area contributed by atoms with Crippen molar-refractivity contribution >= 4 is 7.60 Å². The summed E-state index contributed by atoms with van der Waals surface area (Å²) < 4.78 is 23.3. The molecule has 0 N–H and O–H groups in total. The van der Waals surface area contributed by atoms with Crippen molar-refractivity contribution in [1.82, 2.24) is 0 Å². The monoisotopic (exact) mass is 222 g/mol. The molecule has 86 valence electrons. The first-order valence-corrected chi connectivity index (χ1v) is 6.59. The summed E-state index contributed by atoms with van der Waals surface area (Å²) in [7, 11) is -3.02.